The van der Waals surface area contributed by atoms with Crippen LogP contribution in [0.25, 0.3) is 0 Å². The first kappa shape index (κ1) is 14.8. The molecule has 2 rings (SSSR count). The molecule has 0 heterocycles. The van der Waals surface area contributed by atoms with E-state index in [1.807, 2.05) is 38.1 Å². The third-order valence-corrected chi connectivity index (χ3v) is 3.57. The lowest BCUT2D eigenvalue weighted by Gasteiger charge is -2.21. The summed E-state index contributed by atoms with van der Waals surface area (Å²) in [4.78, 5) is 0. The van der Waals surface area contributed by atoms with E-state index >= 15 is 0 Å². The van der Waals surface area contributed by atoms with Gasteiger partial charge in [-0.05, 0) is 37.6 Å². The maximum Gasteiger partial charge on any atom is 0.131 e. The Bertz CT molecular complexity index is 586. The van der Waals surface area contributed by atoms with Gasteiger partial charge in [0.25, 0.3) is 0 Å². The molecular weight excluding hydrogens is 277 g/mol. The van der Waals surface area contributed by atoms with Crippen molar-refractivity contribution in [2.24, 2.45) is 0 Å². The first-order valence-corrected chi connectivity index (χ1v) is 6.85. The van der Waals surface area contributed by atoms with Crippen LogP contribution in [0.4, 0.5) is 4.39 Å². The normalized spacial score (nSPS) is 14.0. The summed E-state index contributed by atoms with van der Waals surface area (Å²) < 4.78 is 13.8. The van der Waals surface area contributed by atoms with E-state index in [1.165, 1.54) is 6.07 Å². The van der Waals surface area contributed by atoms with Gasteiger partial charge >= 0.3 is 0 Å². The van der Waals surface area contributed by atoms with Gasteiger partial charge in [0.2, 0.25) is 0 Å². The lowest BCUT2D eigenvalue weighted by atomic mass is 10.0. The minimum absolute atomic E-state index is 0.0652. The fourth-order valence-electron chi connectivity index (χ4n) is 2.18. The van der Waals surface area contributed by atoms with Crippen LogP contribution in [-0.4, -0.2) is 5.11 Å². The molecular formula is C16H17ClFNO. The summed E-state index contributed by atoms with van der Waals surface area (Å²) in [7, 11) is 0. The van der Waals surface area contributed by atoms with Crippen LogP contribution in [0.5, 0.6) is 5.75 Å². The molecule has 0 saturated carbocycles. The number of halogens is 2. The molecule has 0 aliphatic heterocycles. The molecule has 2 aromatic carbocycles. The van der Waals surface area contributed by atoms with Crippen molar-refractivity contribution in [1.82, 2.24) is 5.32 Å². The van der Waals surface area contributed by atoms with E-state index in [2.05, 4.69) is 5.32 Å². The molecule has 0 fully saturated rings. The fraction of sp³-hybridized carbons (Fsp3) is 0.250. The first-order chi connectivity index (χ1) is 9.47. The van der Waals surface area contributed by atoms with Gasteiger partial charge in [0.15, 0.2) is 0 Å². The van der Waals surface area contributed by atoms with E-state index in [-0.39, 0.29) is 17.8 Å². The number of phenols is 1. The van der Waals surface area contributed by atoms with E-state index in [4.69, 9.17) is 11.6 Å². The van der Waals surface area contributed by atoms with Gasteiger partial charge in [0.05, 0.1) is 0 Å². The van der Waals surface area contributed by atoms with Crippen molar-refractivity contribution in [3.63, 3.8) is 0 Å². The van der Waals surface area contributed by atoms with Gasteiger partial charge in [-0.25, -0.2) is 4.39 Å². The quantitative estimate of drug-likeness (QED) is 0.863. The van der Waals surface area contributed by atoms with Crippen LogP contribution < -0.4 is 5.32 Å². The highest BCUT2D eigenvalue weighted by atomic mass is 35.5. The molecule has 0 radical (unpaired) electrons. The number of aromatic hydroxyl groups is 1. The molecule has 0 aliphatic carbocycles. The maximum atomic E-state index is 13.8. The minimum Gasteiger partial charge on any atom is -0.508 e. The molecule has 0 aliphatic rings. The van der Waals surface area contributed by atoms with Crippen LogP contribution in [0.3, 0.4) is 0 Å². The lowest BCUT2D eigenvalue weighted by molar-refractivity contribution is 0.454. The van der Waals surface area contributed by atoms with Crippen LogP contribution in [0.2, 0.25) is 5.02 Å². The first-order valence-electron chi connectivity index (χ1n) is 6.47. The number of benzene rings is 2. The topological polar surface area (TPSA) is 32.3 Å². The minimum atomic E-state index is -0.409. The van der Waals surface area contributed by atoms with Gasteiger partial charge in [0.1, 0.15) is 11.6 Å². The second-order valence-electron chi connectivity index (χ2n) is 4.87. The van der Waals surface area contributed by atoms with E-state index in [0.717, 1.165) is 11.6 Å². The van der Waals surface area contributed by atoms with Crippen LogP contribution in [0.15, 0.2) is 42.5 Å². The highest BCUT2D eigenvalue weighted by Crippen LogP contribution is 2.24. The summed E-state index contributed by atoms with van der Waals surface area (Å²) in [6.45, 7) is 3.90. The summed E-state index contributed by atoms with van der Waals surface area (Å²) in [5.74, 6) is -0.475. The van der Waals surface area contributed by atoms with Crippen molar-refractivity contribution >= 4 is 11.6 Å². The largest absolute Gasteiger partial charge is 0.508 e. The van der Waals surface area contributed by atoms with Crippen molar-refractivity contribution in [2.45, 2.75) is 25.9 Å². The van der Waals surface area contributed by atoms with Gasteiger partial charge in [-0.2, -0.15) is 0 Å². The summed E-state index contributed by atoms with van der Waals surface area (Å²) in [6.07, 6.45) is 0. The maximum absolute atomic E-state index is 13.8. The van der Waals surface area contributed by atoms with Crippen molar-refractivity contribution in [2.75, 3.05) is 0 Å². The van der Waals surface area contributed by atoms with Gasteiger partial charge < -0.3 is 10.4 Å². The van der Waals surface area contributed by atoms with Gasteiger partial charge in [-0.1, -0.05) is 29.8 Å². The van der Waals surface area contributed by atoms with E-state index in [1.54, 1.807) is 6.07 Å². The average Bonchev–Trinajstić information content (AvgIpc) is 2.39. The Balaban J connectivity index is 2.10. The van der Waals surface area contributed by atoms with Crippen molar-refractivity contribution in [3.8, 4) is 5.75 Å². The Labute approximate surface area is 123 Å². The molecule has 2 atom stereocenters. The lowest BCUT2D eigenvalue weighted by Crippen LogP contribution is -2.23. The molecule has 0 bridgehead atoms. The summed E-state index contributed by atoms with van der Waals surface area (Å²) in [5, 5.41) is 13.3. The molecule has 2 unspecified atom stereocenters. The summed E-state index contributed by atoms with van der Waals surface area (Å²) in [6, 6.07) is 11.7. The average molecular weight is 294 g/mol. The standard InChI is InChI=1S/C16H17ClFNO/c1-10(12-3-5-13(17)6-4-12)19-11(2)15-8-7-14(20)9-16(15)18/h3-11,19-20H,1-2H3. The molecule has 0 aromatic heterocycles. The third-order valence-electron chi connectivity index (χ3n) is 3.32. The van der Waals surface area contributed by atoms with E-state index < -0.39 is 5.82 Å². The molecule has 2 nitrogen and oxygen atoms in total. The SMILES string of the molecule is CC(NC(C)c1ccc(O)cc1F)c1ccc(Cl)cc1. The summed E-state index contributed by atoms with van der Waals surface area (Å²) >= 11 is 5.86. The Kier molecular flexibility index (Phi) is 4.63. The molecule has 4 heteroatoms. The Morgan fingerprint density at radius 1 is 1.05 bits per heavy atom. The molecule has 2 N–H and O–H groups in total. The van der Waals surface area contributed by atoms with Crippen LogP contribution >= 0.6 is 11.6 Å². The number of hydrogen-bond donors (Lipinski definition) is 2. The van der Waals surface area contributed by atoms with Gasteiger partial charge in [0, 0.05) is 28.7 Å². The smallest absolute Gasteiger partial charge is 0.131 e. The van der Waals surface area contributed by atoms with Crippen LogP contribution in [0.1, 0.15) is 37.1 Å². The molecule has 20 heavy (non-hydrogen) atoms. The zero-order valence-electron chi connectivity index (χ0n) is 11.4. The van der Waals surface area contributed by atoms with Crippen molar-refractivity contribution in [1.29, 1.82) is 0 Å². The zero-order valence-corrected chi connectivity index (χ0v) is 12.2. The highest BCUT2D eigenvalue weighted by Gasteiger charge is 2.14. The number of nitrogens with one attached hydrogen (secondary N) is 1. The Hall–Kier alpha value is -1.58. The van der Waals surface area contributed by atoms with Crippen LogP contribution in [-0.2, 0) is 0 Å². The summed E-state index contributed by atoms with van der Waals surface area (Å²) in [5.41, 5.74) is 1.61. The molecule has 0 spiro atoms. The van der Waals surface area contributed by atoms with E-state index in [9.17, 15) is 9.50 Å². The highest BCUT2D eigenvalue weighted by molar-refractivity contribution is 6.30. The Morgan fingerprint density at radius 3 is 2.30 bits per heavy atom. The van der Waals surface area contributed by atoms with Crippen LogP contribution in [0, 0.1) is 5.82 Å². The fourth-order valence-corrected chi connectivity index (χ4v) is 2.31. The monoisotopic (exact) mass is 293 g/mol. The van der Waals surface area contributed by atoms with Crippen molar-refractivity contribution in [3.05, 3.63) is 64.4 Å². The second kappa shape index (κ2) is 6.25. The Morgan fingerprint density at radius 2 is 1.70 bits per heavy atom. The van der Waals surface area contributed by atoms with E-state index in [0.29, 0.717) is 10.6 Å². The molecule has 0 amide bonds. The molecule has 0 saturated heterocycles. The zero-order chi connectivity index (χ0) is 14.7. The predicted octanol–water partition coefficient (Wildman–Crippen LogP) is 4.60. The van der Waals surface area contributed by atoms with Gasteiger partial charge in [-0.3, -0.25) is 0 Å². The third kappa shape index (κ3) is 3.50. The number of hydrogen-bond acceptors (Lipinski definition) is 2. The van der Waals surface area contributed by atoms with Crippen molar-refractivity contribution < 1.29 is 9.50 Å². The second-order valence-corrected chi connectivity index (χ2v) is 5.30. The molecule has 2 aromatic rings. The number of rotatable bonds is 4. The number of phenolic OH excluding ortho intramolecular Hbond substituents is 1. The molecule has 106 valence electrons. The van der Waals surface area contributed by atoms with Gasteiger partial charge in [-0.15, -0.1) is 0 Å². The predicted molar refractivity (Wildman–Crippen MR) is 79.5 cm³/mol.